The molecule has 0 fully saturated rings. The number of carboxylic acids is 1. The van der Waals surface area contributed by atoms with Gasteiger partial charge in [-0.2, -0.15) is 0 Å². The van der Waals surface area contributed by atoms with Crippen LogP contribution in [-0.2, 0) is 9.59 Å². The number of hydrogen-bond donors (Lipinski definition) is 7. The van der Waals surface area contributed by atoms with Gasteiger partial charge in [-0.3, -0.25) is 4.79 Å². The largest absolute Gasteiger partial charge is 0.480 e. The van der Waals surface area contributed by atoms with Crippen molar-refractivity contribution < 1.29 is 34.1 Å². The number of carbonyl (C=O) groups is 3. The molecule has 1 unspecified atom stereocenters. The molecule has 1 aromatic heterocycles. The van der Waals surface area contributed by atoms with E-state index in [0.29, 0.717) is 0 Å². The van der Waals surface area contributed by atoms with Crippen molar-refractivity contribution in [1.82, 2.24) is 20.8 Å². The lowest BCUT2D eigenvalue weighted by atomic mass is 10.2. The van der Waals surface area contributed by atoms with E-state index < -0.39 is 55.2 Å². The second-order valence-electron chi connectivity index (χ2n) is 5.16. The Morgan fingerprint density at radius 3 is 2.32 bits per heavy atom. The maximum absolute atomic E-state index is 11.8. The van der Waals surface area contributed by atoms with Crippen LogP contribution in [0.5, 0.6) is 0 Å². The predicted molar refractivity (Wildman–Crippen MR) is 79.6 cm³/mol. The predicted octanol–water partition coefficient (Wildman–Crippen LogP) is -2.89. The third-order valence-electron chi connectivity index (χ3n) is 3.06. The molecular formula is C12H20N6O7. The van der Waals surface area contributed by atoms with Gasteiger partial charge in [0.15, 0.2) is 6.04 Å². The average Bonchev–Trinajstić information content (AvgIpc) is 3.00. The second-order valence-corrected chi connectivity index (χ2v) is 5.16. The lowest BCUT2D eigenvalue weighted by molar-refractivity contribution is -0.140. The normalized spacial score (nSPS) is 15.7. The van der Waals surface area contributed by atoms with Gasteiger partial charge in [-0.25, -0.2) is 9.59 Å². The molecular weight excluding hydrogens is 340 g/mol. The summed E-state index contributed by atoms with van der Waals surface area (Å²) in [6, 6.07) is -4.69. The van der Waals surface area contributed by atoms with E-state index in [9.17, 15) is 19.5 Å². The summed E-state index contributed by atoms with van der Waals surface area (Å²) in [4.78, 5) is 33.8. The Hall–Kier alpha value is -2.77. The van der Waals surface area contributed by atoms with Gasteiger partial charge >= 0.3 is 12.0 Å². The van der Waals surface area contributed by atoms with Gasteiger partial charge in [-0.05, 0) is 6.92 Å². The molecule has 0 bridgehead atoms. The van der Waals surface area contributed by atoms with E-state index in [1.165, 1.54) is 6.92 Å². The Labute approximate surface area is 141 Å². The van der Waals surface area contributed by atoms with Crippen molar-refractivity contribution in [2.45, 2.75) is 37.6 Å². The topological polar surface area (TPSA) is 227 Å². The first-order chi connectivity index (χ1) is 11.6. The van der Waals surface area contributed by atoms with Gasteiger partial charge in [-0.15, -0.1) is 10.2 Å². The number of carbonyl (C=O) groups excluding carboxylic acids is 2. The number of nitrogens with two attached hydrogens (primary N) is 2. The number of rotatable bonds is 9. The lowest BCUT2D eigenvalue weighted by Crippen LogP contribution is -2.49. The van der Waals surface area contributed by atoms with Gasteiger partial charge < -0.3 is 41.8 Å². The molecule has 13 nitrogen and oxygen atoms in total. The van der Waals surface area contributed by atoms with Crippen molar-refractivity contribution >= 4 is 17.9 Å². The zero-order chi connectivity index (χ0) is 19.1. The molecule has 1 aromatic rings. The molecule has 0 saturated heterocycles. The average molecular weight is 360 g/mol. The third-order valence-corrected chi connectivity index (χ3v) is 3.06. The highest BCUT2D eigenvalue weighted by Gasteiger charge is 2.27. The Morgan fingerprint density at radius 2 is 1.84 bits per heavy atom. The first kappa shape index (κ1) is 20.3. The number of primary amides is 1. The molecule has 0 aliphatic heterocycles. The summed E-state index contributed by atoms with van der Waals surface area (Å²) in [5.41, 5.74) is 10.7. The Morgan fingerprint density at radius 1 is 1.24 bits per heavy atom. The van der Waals surface area contributed by atoms with E-state index in [2.05, 4.69) is 15.5 Å². The maximum Gasteiger partial charge on any atom is 0.328 e. The summed E-state index contributed by atoms with van der Waals surface area (Å²) in [5.74, 6) is -2.59. The van der Waals surface area contributed by atoms with Crippen molar-refractivity contribution in [3.05, 3.63) is 11.8 Å². The number of nitrogens with one attached hydrogen (secondary N) is 2. The standard InChI is InChI=1S/C12H20N6O7/c1-4(20)8(14)10-18-17-9(25-10)5(2-7(13)21)15-12(24)16-6(3-19)11(22)23/h4-6,8,19-20H,2-3,14H2,1H3,(H2,13,21)(H,22,23)(H2,15,16,24)/t4?,5-,6+,8-/m0/s1. The van der Waals surface area contributed by atoms with Crippen molar-refractivity contribution in [2.75, 3.05) is 6.61 Å². The lowest BCUT2D eigenvalue weighted by Gasteiger charge is -2.17. The van der Waals surface area contributed by atoms with Crippen LogP contribution in [-0.4, -0.2) is 62.2 Å². The number of amides is 3. The molecule has 9 N–H and O–H groups in total. The van der Waals surface area contributed by atoms with Crippen molar-refractivity contribution in [1.29, 1.82) is 0 Å². The number of aromatic nitrogens is 2. The fourth-order valence-corrected chi connectivity index (χ4v) is 1.67. The second kappa shape index (κ2) is 8.91. The first-order valence-corrected chi connectivity index (χ1v) is 7.11. The first-order valence-electron chi connectivity index (χ1n) is 7.11. The molecule has 13 heteroatoms. The number of aliphatic carboxylic acids is 1. The van der Waals surface area contributed by atoms with E-state index in [1.807, 2.05) is 5.32 Å². The highest BCUT2D eigenvalue weighted by Crippen LogP contribution is 2.19. The minimum Gasteiger partial charge on any atom is -0.480 e. The van der Waals surface area contributed by atoms with Crippen LogP contribution < -0.4 is 22.1 Å². The molecule has 0 saturated carbocycles. The quantitative estimate of drug-likeness (QED) is 0.238. The number of aliphatic hydroxyl groups excluding tert-OH is 2. The molecule has 4 atom stereocenters. The van der Waals surface area contributed by atoms with E-state index in [4.69, 9.17) is 26.1 Å². The monoisotopic (exact) mass is 360 g/mol. The molecule has 25 heavy (non-hydrogen) atoms. The molecule has 1 rings (SSSR count). The summed E-state index contributed by atoms with van der Waals surface area (Å²) in [6.45, 7) is 0.569. The maximum atomic E-state index is 11.8. The number of carboxylic acid groups (broad SMARTS) is 1. The molecule has 0 spiro atoms. The molecule has 0 aliphatic rings. The van der Waals surface area contributed by atoms with Gasteiger partial charge in [-0.1, -0.05) is 0 Å². The highest BCUT2D eigenvalue weighted by molar-refractivity contribution is 5.83. The van der Waals surface area contributed by atoms with Crippen LogP contribution in [0.3, 0.4) is 0 Å². The summed E-state index contributed by atoms with van der Waals surface area (Å²) in [5, 5.41) is 38.5. The van der Waals surface area contributed by atoms with Crippen LogP contribution in [0.2, 0.25) is 0 Å². The van der Waals surface area contributed by atoms with E-state index in [-0.39, 0.29) is 11.8 Å². The summed E-state index contributed by atoms with van der Waals surface area (Å²) in [6.07, 6.45) is -1.41. The molecule has 3 amide bonds. The van der Waals surface area contributed by atoms with E-state index in [0.717, 1.165) is 0 Å². The number of aliphatic hydroxyl groups is 2. The SMILES string of the molecule is CC(O)[C@H](N)c1nnc([C@H](CC(N)=O)NC(=O)N[C@H](CO)C(=O)O)o1. The number of hydrogen-bond acceptors (Lipinski definition) is 9. The van der Waals surface area contributed by atoms with Crippen LogP contribution >= 0.6 is 0 Å². The minimum absolute atomic E-state index is 0.125. The molecule has 1 heterocycles. The molecule has 0 aromatic carbocycles. The zero-order valence-corrected chi connectivity index (χ0v) is 13.2. The van der Waals surface area contributed by atoms with E-state index >= 15 is 0 Å². The fourth-order valence-electron chi connectivity index (χ4n) is 1.67. The summed E-state index contributed by atoms with van der Waals surface area (Å²) >= 11 is 0. The Balaban J connectivity index is 2.89. The summed E-state index contributed by atoms with van der Waals surface area (Å²) < 4.78 is 5.23. The van der Waals surface area contributed by atoms with Crippen LogP contribution in [0.1, 0.15) is 37.2 Å². The molecule has 140 valence electrons. The van der Waals surface area contributed by atoms with Crippen LogP contribution in [0.25, 0.3) is 0 Å². The van der Waals surface area contributed by atoms with Gasteiger partial charge in [0.25, 0.3) is 0 Å². The third kappa shape index (κ3) is 5.98. The van der Waals surface area contributed by atoms with Crippen molar-refractivity contribution in [3.8, 4) is 0 Å². The minimum atomic E-state index is -1.55. The van der Waals surface area contributed by atoms with Crippen molar-refractivity contribution in [2.24, 2.45) is 11.5 Å². The molecule has 0 radical (unpaired) electrons. The number of nitrogens with zero attached hydrogens (tertiary/aromatic N) is 2. The fraction of sp³-hybridized carbons (Fsp3) is 0.583. The highest BCUT2D eigenvalue weighted by atomic mass is 16.4. The van der Waals surface area contributed by atoms with Crippen molar-refractivity contribution in [3.63, 3.8) is 0 Å². The van der Waals surface area contributed by atoms with Crippen LogP contribution in [0.15, 0.2) is 4.42 Å². The Kier molecular flexibility index (Phi) is 7.22. The Bertz CT molecular complexity index is 619. The molecule has 0 aliphatic carbocycles. The smallest absolute Gasteiger partial charge is 0.328 e. The van der Waals surface area contributed by atoms with Gasteiger partial charge in [0.05, 0.1) is 19.1 Å². The zero-order valence-electron chi connectivity index (χ0n) is 13.2. The van der Waals surface area contributed by atoms with Gasteiger partial charge in [0.1, 0.15) is 12.1 Å². The van der Waals surface area contributed by atoms with Gasteiger partial charge in [0.2, 0.25) is 17.7 Å². The number of urea groups is 1. The van der Waals surface area contributed by atoms with E-state index in [1.54, 1.807) is 0 Å². The summed E-state index contributed by atoms with van der Waals surface area (Å²) in [7, 11) is 0. The van der Waals surface area contributed by atoms with Gasteiger partial charge in [0, 0.05) is 0 Å². The van der Waals surface area contributed by atoms with Crippen LogP contribution in [0, 0.1) is 0 Å². The van der Waals surface area contributed by atoms with Crippen LogP contribution in [0.4, 0.5) is 4.79 Å².